The van der Waals surface area contributed by atoms with Gasteiger partial charge < -0.3 is 37.4 Å². The van der Waals surface area contributed by atoms with Crippen LogP contribution in [-0.2, 0) is 28.8 Å². The van der Waals surface area contributed by atoms with E-state index in [-0.39, 0.29) is 25.0 Å². The van der Waals surface area contributed by atoms with E-state index >= 15 is 0 Å². The Morgan fingerprint density at radius 1 is 0.568 bits per heavy atom. The highest BCUT2D eigenvalue weighted by Gasteiger charge is 2.32. The maximum Gasteiger partial charge on any atom is 0.327 e. The molecule has 8 N–H and O–H groups in total. The molecule has 0 saturated carbocycles. The van der Waals surface area contributed by atoms with Crippen molar-refractivity contribution in [3.63, 3.8) is 0 Å². The van der Waals surface area contributed by atoms with Gasteiger partial charge in [0.15, 0.2) is 0 Å². The number of rotatable bonds is 24. The van der Waals surface area contributed by atoms with Crippen molar-refractivity contribution in [2.75, 3.05) is 53.8 Å². The molecular weight excluding hydrogens is 669 g/mol. The highest BCUT2D eigenvalue weighted by atomic mass is 32.2. The molecule has 0 aromatic heterocycles. The molecule has 5 amide bonds. The number of aliphatic carboxylic acids is 1. The van der Waals surface area contributed by atoms with Gasteiger partial charge in [-0.2, -0.15) is 59.7 Å². The lowest BCUT2D eigenvalue weighted by molar-refractivity contribution is -0.141. The number of carbonyl (C=O) groups excluding carboxylic acids is 5. The Balaban J connectivity index is 5.90. The van der Waals surface area contributed by atoms with Crippen LogP contribution in [0.3, 0.4) is 0 Å². The van der Waals surface area contributed by atoms with E-state index in [4.69, 9.17) is 5.73 Å². The predicted octanol–water partition coefficient (Wildman–Crippen LogP) is -0.216. The monoisotopic (exact) mass is 716 g/mol. The van der Waals surface area contributed by atoms with Gasteiger partial charge in [-0.15, -0.1) is 0 Å². The van der Waals surface area contributed by atoms with Crippen molar-refractivity contribution in [2.24, 2.45) is 5.73 Å². The Hall–Kier alpha value is -1.47. The number of hydrogen-bond donors (Lipinski definition) is 8. The number of carboxylic acid groups (broad SMARTS) is 1. The molecule has 44 heavy (non-hydrogen) atoms. The number of nitrogens with two attached hydrogens (primary N) is 1. The fourth-order valence-corrected chi connectivity index (χ4v) is 5.73. The van der Waals surface area contributed by atoms with Gasteiger partial charge in [0.05, 0.1) is 6.04 Å². The van der Waals surface area contributed by atoms with Crippen LogP contribution >= 0.6 is 59.7 Å². The first-order chi connectivity index (χ1) is 20.9. The van der Waals surface area contributed by atoms with Crippen LogP contribution in [0, 0.1) is 0 Å². The van der Waals surface area contributed by atoms with Crippen LogP contribution in [-0.4, -0.2) is 131 Å². The zero-order valence-corrected chi connectivity index (χ0v) is 30.0. The van der Waals surface area contributed by atoms with Crippen LogP contribution in [0.25, 0.3) is 0 Å². The normalized spacial score (nSPS) is 15.1. The van der Waals surface area contributed by atoms with Crippen LogP contribution in [0.15, 0.2) is 0 Å². The number of thiol groups is 1. The van der Waals surface area contributed by atoms with Gasteiger partial charge in [0.2, 0.25) is 29.5 Å². The number of carbonyl (C=O) groups is 6. The lowest BCUT2D eigenvalue weighted by atomic mass is 10.1. The lowest BCUT2D eigenvalue weighted by Crippen LogP contribution is -2.59. The van der Waals surface area contributed by atoms with E-state index in [9.17, 15) is 33.9 Å². The minimum absolute atomic E-state index is 0.132. The van der Waals surface area contributed by atoms with E-state index in [0.29, 0.717) is 29.4 Å². The summed E-state index contributed by atoms with van der Waals surface area (Å²) in [6.07, 6.45) is 8.49. The smallest absolute Gasteiger partial charge is 0.327 e. The topological polar surface area (TPSA) is 209 Å². The van der Waals surface area contributed by atoms with Gasteiger partial charge >= 0.3 is 5.97 Å². The molecule has 13 nitrogen and oxygen atoms in total. The number of amides is 5. The summed E-state index contributed by atoms with van der Waals surface area (Å²) >= 11 is 9.88. The number of carboxylic acids is 1. The number of nitrogens with one attached hydrogen (secondary N) is 5. The second-order valence-corrected chi connectivity index (χ2v) is 14.0. The highest BCUT2D eigenvalue weighted by molar-refractivity contribution is 7.99. The van der Waals surface area contributed by atoms with Crippen LogP contribution in [0.4, 0.5) is 0 Å². The van der Waals surface area contributed by atoms with Crippen LogP contribution in [0.1, 0.15) is 32.6 Å². The Morgan fingerprint density at radius 3 is 1.02 bits per heavy atom. The summed E-state index contributed by atoms with van der Waals surface area (Å²) < 4.78 is 0. The molecule has 0 radical (unpaired) electrons. The summed E-state index contributed by atoms with van der Waals surface area (Å²) in [6.45, 7) is 1.51. The van der Waals surface area contributed by atoms with Crippen molar-refractivity contribution in [1.29, 1.82) is 0 Å². The molecule has 0 saturated heterocycles. The van der Waals surface area contributed by atoms with Crippen molar-refractivity contribution in [2.45, 2.75) is 68.9 Å². The lowest BCUT2D eigenvalue weighted by Gasteiger charge is -2.27. The van der Waals surface area contributed by atoms with E-state index in [0.717, 1.165) is 0 Å². The van der Waals surface area contributed by atoms with Crippen molar-refractivity contribution in [3.8, 4) is 0 Å². The average molecular weight is 717 g/mol. The summed E-state index contributed by atoms with van der Waals surface area (Å²) in [5.41, 5.74) is 5.66. The minimum Gasteiger partial charge on any atom is -0.480 e. The molecule has 0 bridgehead atoms. The molecule has 0 rings (SSSR count). The second-order valence-electron chi connectivity index (χ2n) is 9.74. The molecular formula is C26H48N6O7S5. The molecule has 254 valence electrons. The zero-order chi connectivity index (χ0) is 33.7. The van der Waals surface area contributed by atoms with Gasteiger partial charge in [0.1, 0.15) is 30.2 Å². The number of hydrogen-bond acceptors (Lipinski definition) is 12. The molecule has 0 aromatic rings. The molecule has 0 aliphatic carbocycles. The first kappa shape index (κ1) is 42.5. The first-order valence-electron chi connectivity index (χ1n) is 13.9. The van der Waals surface area contributed by atoms with Gasteiger partial charge in [0, 0.05) is 5.75 Å². The molecule has 0 heterocycles. The fraction of sp³-hybridized carbons (Fsp3) is 0.769. The summed E-state index contributed by atoms with van der Waals surface area (Å²) in [5.74, 6) is -2.12. The van der Waals surface area contributed by atoms with Crippen LogP contribution in [0.2, 0.25) is 0 Å². The van der Waals surface area contributed by atoms with Crippen molar-refractivity contribution in [1.82, 2.24) is 26.6 Å². The molecule has 0 aliphatic heterocycles. The second kappa shape index (κ2) is 24.7. The van der Waals surface area contributed by atoms with E-state index < -0.39 is 71.8 Å². The van der Waals surface area contributed by atoms with Crippen molar-refractivity contribution < 1.29 is 33.9 Å². The third kappa shape index (κ3) is 17.3. The highest BCUT2D eigenvalue weighted by Crippen LogP contribution is 2.09. The predicted molar refractivity (Wildman–Crippen MR) is 187 cm³/mol. The van der Waals surface area contributed by atoms with Crippen molar-refractivity contribution >= 4 is 95.2 Å². The maximum absolute atomic E-state index is 13.5. The Kier molecular flexibility index (Phi) is 23.9. The maximum atomic E-state index is 13.5. The van der Waals surface area contributed by atoms with Crippen LogP contribution in [0.5, 0.6) is 0 Å². The van der Waals surface area contributed by atoms with Gasteiger partial charge in [0.25, 0.3) is 0 Å². The summed E-state index contributed by atoms with van der Waals surface area (Å²) in [6, 6.07) is -6.01. The van der Waals surface area contributed by atoms with E-state index in [1.807, 2.05) is 25.0 Å². The SMILES string of the molecule is CSCC[C@H](NC(=O)[C@H](C)N)C(=O)N[C@@H](CCSC)C(=O)N[C@@H](CCSC)C(=O)N[C@@H](CCSC)C(=O)N[C@@H](CS)C(=O)O. The van der Waals surface area contributed by atoms with Gasteiger partial charge in [-0.25, -0.2) is 4.79 Å². The number of thioether (sulfide) groups is 4. The Morgan fingerprint density at radius 2 is 0.818 bits per heavy atom. The molecule has 0 aromatic carbocycles. The largest absolute Gasteiger partial charge is 0.480 e. The van der Waals surface area contributed by atoms with E-state index in [2.05, 4.69) is 39.2 Å². The van der Waals surface area contributed by atoms with Gasteiger partial charge in [-0.1, -0.05) is 0 Å². The van der Waals surface area contributed by atoms with E-state index in [1.165, 1.54) is 54.0 Å². The average Bonchev–Trinajstić information content (AvgIpc) is 2.99. The fourth-order valence-electron chi connectivity index (χ4n) is 3.60. The third-order valence-corrected chi connectivity index (χ3v) is 9.13. The summed E-state index contributed by atoms with van der Waals surface area (Å²) in [7, 11) is 0. The standard InChI is InChI=1S/C26H48N6O7S5/c1-15(27)21(33)28-16(6-10-41-2)22(34)29-17(7-11-42-3)23(35)30-18(8-12-43-4)24(36)31-19(9-13-44-5)25(37)32-20(14-40)26(38)39/h15-20,40H,6-14,27H2,1-5H3,(H,28,33)(H,29,34)(H,30,35)(H,31,36)(H,32,37)(H,38,39)/t15-,16-,17-,18-,19-,20-/m0/s1. The van der Waals surface area contributed by atoms with Gasteiger partial charge in [-0.3, -0.25) is 24.0 Å². The molecule has 6 atom stereocenters. The van der Waals surface area contributed by atoms with Crippen molar-refractivity contribution in [3.05, 3.63) is 0 Å². The Bertz CT molecular complexity index is 934. The minimum atomic E-state index is -1.25. The summed E-state index contributed by atoms with van der Waals surface area (Å²) in [4.78, 5) is 76.7. The van der Waals surface area contributed by atoms with Gasteiger partial charge in [-0.05, 0) is 80.6 Å². The first-order valence-corrected chi connectivity index (χ1v) is 20.1. The molecule has 0 fully saturated rings. The van der Waals surface area contributed by atoms with Crippen LogP contribution < -0.4 is 32.3 Å². The zero-order valence-electron chi connectivity index (χ0n) is 25.9. The molecule has 0 aliphatic rings. The molecule has 0 spiro atoms. The summed E-state index contributed by atoms with van der Waals surface area (Å²) in [5, 5.41) is 22.5. The molecule has 18 heteroatoms. The third-order valence-electron chi connectivity index (χ3n) is 6.19. The quantitative estimate of drug-likeness (QED) is 0.0611. The molecule has 0 unspecified atom stereocenters. The van der Waals surface area contributed by atoms with E-state index in [1.54, 1.807) is 0 Å². The Labute approximate surface area is 282 Å².